The third kappa shape index (κ3) is 7.10. The molecule has 200 valence electrons. The number of hydrogen-bond donors (Lipinski definition) is 3. The van der Waals surface area contributed by atoms with Crippen LogP contribution in [0, 0.1) is 26.7 Å². The summed E-state index contributed by atoms with van der Waals surface area (Å²) in [7, 11) is 0. The molecule has 1 aliphatic rings. The van der Waals surface area contributed by atoms with Crippen LogP contribution in [0.25, 0.3) is 0 Å². The van der Waals surface area contributed by atoms with E-state index in [0.717, 1.165) is 23.1 Å². The predicted molar refractivity (Wildman–Crippen MR) is 143 cm³/mol. The lowest BCUT2D eigenvalue weighted by Gasteiger charge is -2.35. The summed E-state index contributed by atoms with van der Waals surface area (Å²) in [6.07, 6.45) is -0.0913. The van der Waals surface area contributed by atoms with E-state index in [0.29, 0.717) is 11.3 Å². The molecule has 0 spiro atoms. The van der Waals surface area contributed by atoms with Gasteiger partial charge in [-0.15, -0.1) is 0 Å². The summed E-state index contributed by atoms with van der Waals surface area (Å²) in [4.78, 5) is 41.9. The third-order valence-electron chi connectivity index (χ3n) is 6.51. The molecule has 3 rings (SSSR count). The maximum atomic E-state index is 14.0. The van der Waals surface area contributed by atoms with Gasteiger partial charge < -0.3 is 25.4 Å². The largest absolute Gasteiger partial charge is 0.444 e. The fraction of sp³-hybridized carbons (Fsp3) is 0.483. The summed E-state index contributed by atoms with van der Waals surface area (Å²) in [6.45, 7) is 12.3. The minimum Gasteiger partial charge on any atom is -0.444 e. The highest BCUT2D eigenvalue weighted by Crippen LogP contribution is 2.41. The van der Waals surface area contributed by atoms with E-state index >= 15 is 0 Å². The van der Waals surface area contributed by atoms with Gasteiger partial charge in [0.1, 0.15) is 17.7 Å². The summed E-state index contributed by atoms with van der Waals surface area (Å²) in [5.74, 6) is -0.721. The minimum absolute atomic E-state index is 0.170. The number of aliphatic hydroxyl groups excluding tert-OH is 1. The number of aliphatic hydroxyl groups is 1. The Bertz CT molecular complexity index is 1160. The summed E-state index contributed by atoms with van der Waals surface area (Å²) in [5, 5.41) is 15.6. The molecule has 0 heterocycles. The van der Waals surface area contributed by atoms with Gasteiger partial charge in [0.2, 0.25) is 5.91 Å². The SMILES string of the molecule is Cc1ccc(C)c(C(C(=O)Nc2ccccc2C)N(C(=O)C(CO)NC(=O)OC(C)(C)C)C2CC2C)c1. The Labute approximate surface area is 219 Å². The van der Waals surface area contributed by atoms with Gasteiger partial charge in [-0.1, -0.05) is 48.9 Å². The van der Waals surface area contributed by atoms with Crippen LogP contribution in [0.4, 0.5) is 10.5 Å². The van der Waals surface area contributed by atoms with E-state index < -0.39 is 36.3 Å². The molecule has 2 aromatic carbocycles. The molecule has 0 saturated heterocycles. The highest BCUT2D eigenvalue weighted by molar-refractivity contribution is 6.00. The number of nitrogens with one attached hydrogen (secondary N) is 2. The molecular formula is C29H39N3O5. The van der Waals surface area contributed by atoms with Crippen molar-refractivity contribution in [2.45, 2.75) is 78.6 Å². The maximum Gasteiger partial charge on any atom is 0.408 e. The molecule has 2 aromatic rings. The Kier molecular flexibility index (Phi) is 8.64. The fourth-order valence-corrected chi connectivity index (χ4v) is 4.37. The molecule has 37 heavy (non-hydrogen) atoms. The van der Waals surface area contributed by atoms with Crippen molar-refractivity contribution in [2.24, 2.45) is 5.92 Å². The zero-order valence-electron chi connectivity index (χ0n) is 22.8. The van der Waals surface area contributed by atoms with Crippen LogP contribution in [-0.4, -0.2) is 52.2 Å². The molecular weight excluding hydrogens is 470 g/mol. The average Bonchev–Trinajstić information content (AvgIpc) is 3.53. The summed E-state index contributed by atoms with van der Waals surface area (Å²) < 4.78 is 5.31. The van der Waals surface area contributed by atoms with Gasteiger partial charge in [0.25, 0.3) is 5.91 Å². The molecule has 8 nitrogen and oxygen atoms in total. The van der Waals surface area contributed by atoms with Crippen molar-refractivity contribution in [3.05, 3.63) is 64.7 Å². The molecule has 8 heteroatoms. The van der Waals surface area contributed by atoms with Crippen molar-refractivity contribution < 1.29 is 24.2 Å². The molecule has 0 radical (unpaired) electrons. The number of alkyl carbamates (subject to hydrolysis) is 1. The van der Waals surface area contributed by atoms with Gasteiger partial charge in [0.05, 0.1) is 6.61 Å². The van der Waals surface area contributed by atoms with E-state index in [9.17, 15) is 19.5 Å². The molecule has 1 fully saturated rings. The van der Waals surface area contributed by atoms with E-state index in [1.807, 2.05) is 70.2 Å². The van der Waals surface area contributed by atoms with Gasteiger partial charge >= 0.3 is 6.09 Å². The van der Waals surface area contributed by atoms with Crippen molar-refractivity contribution in [3.8, 4) is 0 Å². The Morgan fingerprint density at radius 2 is 1.73 bits per heavy atom. The van der Waals surface area contributed by atoms with Gasteiger partial charge in [0, 0.05) is 11.7 Å². The molecule has 3 N–H and O–H groups in total. The van der Waals surface area contributed by atoms with E-state index in [1.165, 1.54) is 4.90 Å². The van der Waals surface area contributed by atoms with Crippen LogP contribution in [0.15, 0.2) is 42.5 Å². The van der Waals surface area contributed by atoms with Gasteiger partial charge in [0.15, 0.2) is 0 Å². The first-order valence-corrected chi connectivity index (χ1v) is 12.7. The van der Waals surface area contributed by atoms with E-state index in [4.69, 9.17) is 4.74 Å². The lowest BCUT2D eigenvalue weighted by atomic mass is 9.95. The number of rotatable bonds is 8. The number of hydrogen-bond acceptors (Lipinski definition) is 5. The monoisotopic (exact) mass is 509 g/mol. The normalized spacial score (nSPS) is 18.4. The predicted octanol–water partition coefficient (Wildman–Crippen LogP) is 4.41. The first-order valence-electron chi connectivity index (χ1n) is 12.7. The zero-order chi connectivity index (χ0) is 27.5. The number of anilines is 1. The molecule has 1 aliphatic carbocycles. The minimum atomic E-state index is -1.26. The summed E-state index contributed by atoms with van der Waals surface area (Å²) in [5.41, 5.74) is 3.30. The summed E-state index contributed by atoms with van der Waals surface area (Å²) >= 11 is 0. The quantitative estimate of drug-likeness (QED) is 0.488. The Hall–Kier alpha value is -3.39. The van der Waals surface area contributed by atoms with Crippen LogP contribution in [0.5, 0.6) is 0 Å². The van der Waals surface area contributed by atoms with Crippen LogP contribution in [0.2, 0.25) is 0 Å². The van der Waals surface area contributed by atoms with E-state index in [2.05, 4.69) is 10.6 Å². The van der Waals surface area contributed by atoms with Gasteiger partial charge in [-0.2, -0.15) is 0 Å². The molecule has 0 bridgehead atoms. The lowest BCUT2D eigenvalue weighted by Crippen LogP contribution is -2.54. The first-order chi connectivity index (χ1) is 17.3. The van der Waals surface area contributed by atoms with Crippen molar-refractivity contribution >= 4 is 23.6 Å². The Morgan fingerprint density at radius 1 is 1.08 bits per heavy atom. The number of carbonyl (C=O) groups is 3. The third-order valence-corrected chi connectivity index (χ3v) is 6.51. The maximum absolute atomic E-state index is 14.0. The smallest absolute Gasteiger partial charge is 0.408 e. The number of amides is 3. The highest BCUT2D eigenvalue weighted by atomic mass is 16.6. The Balaban J connectivity index is 2.04. The molecule has 4 unspecified atom stereocenters. The number of para-hydroxylation sites is 1. The Morgan fingerprint density at radius 3 is 2.30 bits per heavy atom. The topological polar surface area (TPSA) is 108 Å². The molecule has 4 atom stereocenters. The number of carbonyl (C=O) groups excluding carboxylic acids is 3. The van der Waals surface area contributed by atoms with Crippen LogP contribution in [0.1, 0.15) is 62.4 Å². The van der Waals surface area contributed by atoms with Gasteiger partial charge in [-0.05, 0) is 76.6 Å². The summed E-state index contributed by atoms with van der Waals surface area (Å²) in [6, 6.07) is 10.8. The molecule has 1 saturated carbocycles. The van der Waals surface area contributed by atoms with Gasteiger partial charge in [-0.3, -0.25) is 9.59 Å². The molecule has 3 amide bonds. The van der Waals surface area contributed by atoms with Crippen LogP contribution in [-0.2, 0) is 14.3 Å². The van der Waals surface area contributed by atoms with Crippen molar-refractivity contribution in [1.82, 2.24) is 10.2 Å². The second kappa shape index (κ2) is 11.3. The van der Waals surface area contributed by atoms with Crippen LogP contribution >= 0.6 is 0 Å². The van der Waals surface area contributed by atoms with Crippen molar-refractivity contribution in [2.75, 3.05) is 11.9 Å². The number of aryl methyl sites for hydroxylation is 3. The second-order valence-corrected chi connectivity index (χ2v) is 11.0. The fourth-order valence-electron chi connectivity index (χ4n) is 4.37. The van der Waals surface area contributed by atoms with E-state index in [-0.39, 0.29) is 17.9 Å². The van der Waals surface area contributed by atoms with Crippen LogP contribution < -0.4 is 10.6 Å². The van der Waals surface area contributed by atoms with Crippen LogP contribution in [0.3, 0.4) is 0 Å². The number of benzene rings is 2. The number of nitrogens with zero attached hydrogens (tertiary/aromatic N) is 1. The molecule has 0 aliphatic heterocycles. The average molecular weight is 510 g/mol. The molecule has 0 aromatic heterocycles. The first kappa shape index (κ1) is 28.2. The number of ether oxygens (including phenoxy) is 1. The van der Waals surface area contributed by atoms with Crippen molar-refractivity contribution in [1.29, 1.82) is 0 Å². The van der Waals surface area contributed by atoms with Gasteiger partial charge in [-0.25, -0.2) is 4.79 Å². The second-order valence-electron chi connectivity index (χ2n) is 11.0. The van der Waals surface area contributed by atoms with Crippen molar-refractivity contribution in [3.63, 3.8) is 0 Å². The van der Waals surface area contributed by atoms with E-state index in [1.54, 1.807) is 20.8 Å². The lowest BCUT2D eigenvalue weighted by molar-refractivity contribution is -0.142. The highest BCUT2D eigenvalue weighted by Gasteiger charge is 2.48. The standard InChI is InChI=1S/C29H39N3O5/c1-17-12-13-18(2)21(14-17)25(26(34)30-22-11-9-8-10-19(22)3)32(24-15-20(24)4)27(35)23(16-33)31-28(36)37-29(5,6)7/h8-14,20,23-25,33H,15-16H2,1-7H3,(H,30,34)(H,31,36). The zero-order valence-corrected chi connectivity index (χ0v) is 22.8.